The molecule has 0 atom stereocenters. The van der Waals surface area contributed by atoms with Gasteiger partial charge in [-0.15, -0.1) is 0 Å². The van der Waals surface area contributed by atoms with Gasteiger partial charge < -0.3 is 20.6 Å². The van der Waals surface area contributed by atoms with E-state index in [0.717, 1.165) is 6.07 Å². The van der Waals surface area contributed by atoms with Crippen LogP contribution < -0.4 is 20.4 Å². The molecule has 40 heavy (non-hydrogen) atoms. The number of aromatic hydroxyl groups is 1. The van der Waals surface area contributed by atoms with E-state index < -0.39 is 17.8 Å². The highest BCUT2D eigenvalue weighted by atomic mass is 35.5. The number of halogens is 5. The molecule has 0 unspecified atom stereocenters. The highest BCUT2D eigenvalue weighted by molar-refractivity contribution is 6.37. The van der Waals surface area contributed by atoms with Crippen molar-refractivity contribution in [2.24, 2.45) is 0 Å². The fourth-order valence-electron chi connectivity index (χ4n) is 5.19. The van der Waals surface area contributed by atoms with Gasteiger partial charge in [0.2, 0.25) is 0 Å². The van der Waals surface area contributed by atoms with Gasteiger partial charge in [-0.05, 0) is 53.6 Å². The number of hydrogen-bond donors (Lipinski definition) is 3. The molecule has 1 fully saturated rings. The zero-order chi connectivity index (χ0) is 28.2. The number of rotatable bonds is 3. The maximum atomic E-state index is 14.3. The molecule has 4 aromatic rings. The van der Waals surface area contributed by atoms with Crippen LogP contribution in [0.25, 0.3) is 22.0 Å². The second-order valence-electron chi connectivity index (χ2n) is 9.58. The molecule has 2 amide bonds. The number of carbonyl (C=O) groups excluding carboxylic acids is 1. The van der Waals surface area contributed by atoms with E-state index in [-0.39, 0.29) is 33.7 Å². The number of amides is 2. The lowest BCUT2D eigenvalue weighted by atomic mass is 9.99. The summed E-state index contributed by atoms with van der Waals surface area (Å²) in [4.78, 5) is 20.7. The van der Waals surface area contributed by atoms with Gasteiger partial charge >= 0.3 is 12.2 Å². The summed E-state index contributed by atoms with van der Waals surface area (Å²) in [5.41, 5.74) is 2.27. The zero-order valence-electron chi connectivity index (χ0n) is 20.8. The van der Waals surface area contributed by atoms with Crippen molar-refractivity contribution < 1.29 is 23.1 Å². The van der Waals surface area contributed by atoms with Gasteiger partial charge in [-0.2, -0.15) is 13.2 Å². The van der Waals surface area contributed by atoms with E-state index in [9.17, 15) is 23.1 Å². The number of benzene rings is 3. The maximum Gasteiger partial charge on any atom is 0.418 e. The number of phenolic OH excluding ortho intramolecular Hbond substituents is 1. The summed E-state index contributed by atoms with van der Waals surface area (Å²) in [5.74, 6) is -0.237. The third-order valence-corrected chi connectivity index (χ3v) is 7.70. The summed E-state index contributed by atoms with van der Waals surface area (Å²) in [6, 6.07) is 11.9. The molecule has 3 N–H and O–H groups in total. The van der Waals surface area contributed by atoms with Crippen molar-refractivity contribution in [1.29, 1.82) is 0 Å². The number of pyridine rings is 1. The minimum Gasteiger partial charge on any atom is -0.505 e. The first-order valence-corrected chi connectivity index (χ1v) is 13.2. The Balaban J connectivity index is 1.52. The van der Waals surface area contributed by atoms with Crippen LogP contribution in [0.1, 0.15) is 11.1 Å². The van der Waals surface area contributed by atoms with Crippen LogP contribution >= 0.6 is 23.2 Å². The Labute approximate surface area is 237 Å². The molecule has 1 saturated heterocycles. The molecule has 0 aliphatic carbocycles. The van der Waals surface area contributed by atoms with Crippen LogP contribution in [0.4, 0.5) is 35.0 Å². The molecular weight excluding hydrogens is 566 g/mol. The van der Waals surface area contributed by atoms with Crippen molar-refractivity contribution >= 4 is 57.2 Å². The van der Waals surface area contributed by atoms with Gasteiger partial charge in [0.05, 0.1) is 32.5 Å². The van der Waals surface area contributed by atoms with E-state index in [4.69, 9.17) is 23.2 Å². The number of fused-ring (bicyclic) bond motifs is 3. The van der Waals surface area contributed by atoms with Crippen molar-refractivity contribution in [3.05, 3.63) is 75.9 Å². The van der Waals surface area contributed by atoms with Crippen molar-refractivity contribution in [1.82, 2.24) is 15.6 Å². The zero-order valence-corrected chi connectivity index (χ0v) is 22.3. The number of anilines is 3. The first kappa shape index (κ1) is 26.5. The fourth-order valence-corrected chi connectivity index (χ4v) is 5.68. The summed E-state index contributed by atoms with van der Waals surface area (Å²) in [6.45, 7) is 2.22. The molecule has 0 radical (unpaired) electrons. The summed E-state index contributed by atoms with van der Waals surface area (Å²) < 4.78 is 43.0. The van der Waals surface area contributed by atoms with Crippen LogP contribution in [-0.2, 0) is 12.7 Å². The highest BCUT2D eigenvalue weighted by Gasteiger charge is 2.37. The standard InChI is InChI=1S/C28H22Cl2F3N5O2/c29-21-10-16(11-22(30)26(21)39)15-1-3-23-19(9-15)25-17(13-35-23)14-36-27(40)38(25)18-2-4-24(20(12-18)28(31,32)33)37-7-5-34-6-8-37/h1-4,9-13,34,39H,5-8,14H2,(H,36,40). The normalized spacial score (nSPS) is 15.8. The number of phenols is 1. The Morgan fingerprint density at radius 2 is 1.68 bits per heavy atom. The minimum absolute atomic E-state index is 0.0704. The van der Waals surface area contributed by atoms with E-state index >= 15 is 0 Å². The number of urea groups is 1. The Hall–Kier alpha value is -3.73. The topological polar surface area (TPSA) is 80.7 Å². The molecule has 2 aliphatic heterocycles. The van der Waals surface area contributed by atoms with Crippen LogP contribution in [0.3, 0.4) is 0 Å². The molecule has 12 heteroatoms. The van der Waals surface area contributed by atoms with E-state index in [0.29, 0.717) is 59.5 Å². The SMILES string of the molecule is O=C1NCc2cnc3ccc(-c4cc(Cl)c(O)c(Cl)c4)cc3c2N1c1ccc(N2CCNCC2)c(C(F)(F)F)c1. The number of aromatic nitrogens is 1. The third-order valence-electron chi connectivity index (χ3n) is 7.12. The van der Waals surface area contributed by atoms with Gasteiger partial charge in [0.15, 0.2) is 5.75 Å². The monoisotopic (exact) mass is 587 g/mol. The molecule has 0 saturated carbocycles. The van der Waals surface area contributed by atoms with Gasteiger partial charge in [0.1, 0.15) is 0 Å². The van der Waals surface area contributed by atoms with E-state index in [2.05, 4.69) is 15.6 Å². The lowest BCUT2D eigenvalue weighted by Gasteiger charge is -2.34. The quantitative estimate of drug-likeness (QED) is 0.248. The Morgan fingerprint density at radius 3 is 2.38 bits per heavy atom. The second kappa shape index (κ2) is 10.0. The van der Waals surface area contributed by atoms with Crippen LogP contribution in [0.2, 0.25) is 10.0 Å². The number of alkyl halides is 3. The van der Waals surface area contributed by atoms with Crippen LogP contribution in [-0.4, -0.2) is 42.3 Å². The van der Waals surface area contributed by atoms with Gasteiger partial charge in [-0.25, -0.2) is 4.79 Å². The second-order valence-corrected chi connectivity index (χ2v) is 10.4. The van der Waals surface area contributed by atoms with Crippen molar-refractivity contribution in [3.8, 4) is 16.9 Å². The molecular formula is C28H22Cl2F3N5O2. The smallest absolute Gasteiger partial charge is 0.418 e. The Kier molecular flexibility index (Phi) is 6.64. The van der Waals surface area contributed by atoms with Crippen molar-refractivity contribution in [2.45, 2.75) is 12.7 Å². The predicted octanol–water partition coefficient (Wildman–Crippen LogP) is 6.70. The summed E-state index contributed by atoms with van der Waals surface area (Å²) in [7, 11) is 0. The van der Waals surface area contributed by atoms with Gasteiger partial charge in [-0.3, -0.25) is 9.88 Å². The number of hydrogen-bond acceptors (Lipinski definition) is 5. The Morgan fingerprint density at radius 1 is 0.950 bits per heavy atom. The van der Waals surface area contributed by atoms with Gasteiger partial charge in [0.25, 0.3) is 0 Å². The Bertz CT molecular complexity index is 1630. The maximum absolute atomic E-state index is 14.3. The highest BCUT2D eigenvalue weighted by Crippen LogP contribution is 2.44. The summed E-state index contributed by atoms with van der Waals surface area (Å²) in [6.07, 6.45) is -3.02. The lowest BCUT2D eigenvalue weighted by Crippen LogP contribution is -2.44. The number of nitrogens with one attached hydrogen (secondary N) is 2. The molecule has 0 bridgehead atoms. The minimum atomic E-state index is -4.63. The molecule has 1 aromatic heterocycles. The first-order chi connectivity index (χ1) is 19.1. The number of carbonyl (C=O) groups is 1. The first-order valence-electron chi connectivity index (χ1n) is 12.5. The molecule has 7 nitrogen and oxygen atoms in total. The number of piperazine rings is 1. The average molecular weight is 588 g/mol. The predicted molar refractivity (Wildman–Crippen MR) is 150 cm³/mol. The van der Waals surface area contributed by atoms with E-state index in [1.54, 1.807) is 41.4 Å². The van der Waals surface area contributed by atoms with Crippen LogP contribution in [0.5, 0.6) is 5.75 Å². The molecule has 3 heterocycles. The third kappa shape index (κ3) is 4.66. The van der Waals surface area contributed by atoms with E-state index in [1.165, 1.54) is 17.0 Å². The molecule has 2 aliphatic rings. The molecule has 0 spiro atoms. The fraction of sp³-hybridized carbons (Fsp3) is 0.214. The summed E-state index contributed by atoms with van der Waals surface area (Å²) in [5, 5.41) is 16.6. The van der Waals surface area contributed by atoms with Crippen LogP contribution in [0, 0.1) is 0 Å². The van der Waals surface area contributed by atoms with E-state index in [1.807, 2.05) is 0 Å². The lowest BCUT2D eigenvalue weighted by molar-refractivity contribution is -0.137. The number of nitrogens with zero attached hydrogens (tertiary/aromatic N) is 3. The molecule has 6 rings (SSSR count). The average Bonchev–Trinajstić information content (AvgIpc) is 2.95. The van der Waals surface area contributed by atoms with Crippen LogP contribution in [0.15, 0.2) is 54.7 Å². The molecule has 3 aromatic carbocycles. The van der Waals surface area contributed by atoms with Crippen molar-refractivity contribution in [2.75, 3.05) is 36.0 Å². The van der Waals surface area contributed by atoms with Gasteiger partial charge in [-0.1, -0.05) is 29.3 Å². The van der Waals surface area contributed by atoms with Crippen molar-refractivity contribution in [3.63, 3.8) is 0 Å². The summed E-state index contributed by atoms with van der Waals surface area (Å²) >= 11 is 12.3. The van der Waals surface area contributed by atoms with Gasteiger partial charge in [0, 0.05) is 55.6 Å². The molecule has 206 valence electrons. The largest absolute Gasteiger partial charge is 0.505 e.